The molecule has 47 heavy (non-hydrogen) atoms. The van der Waals surface area contributed by atoms with Gasteiger partial charge in [0.05, 0.1) is 46.6 Å². The fraction of sp³-hybridized carbons (Fsp3) is 0.513. The normalized spacial score (nSPS) is 14.3. The van der Waals surface area contributed by atoms with E-state index in [0.717, 1.165) is 97.7 Å². The van der Waals surface area contributed by atoms with Gasteiger partial charge in [-0.25, -0.2) is 4.79 Å². The lowest BCUT2D eigenvalue weighted by molar-refractivity contribution is -0.890. The monoisotopic (exact) mass is 645 g/mol. The number of ether oxygens (including phenoxy) is 3. The number of carbonyl (C=O) groups is 1. The molecule has 4 rings (SSSR count). The number of unbranched alkanes of at least 4 members (excludes halogenated alkanes) is 3. The van der Waals surface area contributed by atoms with Gasteiger partial charge in [0.25, 0.3) is 0 Å². The molecular weight excluding hydrogens is 588 g/mol. The lowest BCUT2D eigenvalue weighted by Gasteiger charge is -2.34. The summed E-state index contributed by atoms with van der Waals surface area (Å²) in [5, 5.41) is 2.98. The summed E-state index contributed by atoms with van der Waals surface area (Å²) in [4.78, 5) is 17.7. The number of carbonyl (C=O) groups excluding carboxylic acids is 1. The molecule has 1 fully saturated rings. The van der Waals surface area contributed by atoms with Crippen LogP contribution in [-0.4, -0.2) is 107 Å². The van der Waals surface area contributed by atoms with Gasteiger partial charge in [-0.05, 0) is 56.8 Å². The van der Waals surface area contributed by atoms with Crippen LogP contribution in [0.3, 0.4) is 0 Å². The van der Waals surface area contributed by atoms with Crippen LogP contribution in [-0.2, 0) is 16.1 Å². The van der Waals surface area contributed by atoms with Crippen LogP contribution in [0.1, 0.15) is 44.1 Å². The summed E-state index contributed by atoms with van der Waals surface area (Å²) < 4.78 is 18.2. The Morgan fingerprint density at radius 3 is 2.36 bits per heavy atom. The van der Waals surface area contributed by atoms with Crippen LogP contribution in [0.15, 0.2) is 78.9 Å². The van der Waals surface area contributed by atoms with Gasteiger partial charge in [0.15, 0.2) is 0 Å². The van der Waals surface area contributed by atoms with Gasteiger partial charge < -0.3 is 23.6 Å². The third kappa shape index (κ3) is 12.9. The van der Waals surface area contributed by atoms with Gasteiger partial charge in [0.2, 0.25) is 0 Å². The summed E-state index contributed by atoms with van der Waals surface area (Å²) in [6.07, 6.45) is 6.13. The topological polar surface area (TPSA) is 63.3 Å². The van der Waals surface area contributed by atoms with Crippen LogP contribution >= 0.6 is 0 Å². The van der Waals surface area contributed by atoms with E-state index < -0.39 is 0 Å². The number of para-hydroxylation sites is 2. The molecule has 0 unspecified atom stereocenters. The Balaban J connectivity index is 1.02. The van der Waals surface area contributed by atoms with E-state index in [9.17, 15) is 4.79 Å². The highest BCUT2D eigenvalue weighted by Crippen LogP contribution is 2.28. The average Bonchev–Trinajstić information content (AvgIpc) is 3.09. The minimum absolute atomic E-state index is 0.0445. The van der Waals surface area contributed by atoms with Gasteiger partial charge in [-0.2, -0.15) is 0 Å². The van der Waals surface area contributed by atoms with Crippen molar-refractivity contribution in [2.75, 3.05) is 86.0 Å². The zero-order valence-corrected chi connectivity index (χ0v) is 29.2. The van der Waals surface area contributed by atoms with Crippen molar-refractivity contribution in [3.8, 4) is 16.9 Å². The number of nitrogens with zero attached hydrogens (tertiary/aromatic N) is 3. The van der Waals surface area contributed by atoms with Crippen molar-refractivity contribution in [1.82, 2.24) is 9.80 Å². The number of methoxy groups -OCH3 is 1. The maximum atomic E-state index is 12.7. The lowest BCUT2D eigenvalue weighted by atomic mass is 10.0. The Morgan fingerprint density at radius 1 is 0.872 bits per heavy atom. The quantitative estimate of drug-likeness (QED) is 0.110. The van der Waals surface area contributed by atoms with E-state index in [1.807, 2.05) is 72.8 Å². The number of hydrogen-bond acceptors (Lipinski definition) is 6. The number of quaternary nitrogens is 1. The zero-order chi connectivity index (χ0) is 33.3. The largest absolute Gasteiger partial charge is 0.496 e. The SMILES string of the molecule is COc1ccccc1COCCCCCC[N+](C)(C)CCN(C)CCN1CCC(OC(=O)Nc2ccccc2-c2ccccc2)CC1. The maximum absolute atomic E-state index is 12.7. The smallest absolute Gasteiger partial charge is 0.411 e. The summed E-state index contributed by atoms with van der Waals surface area (Å²) in [6, 6.07) is 26.0. The van der Waals surface area contributed by atoms with Gasteiger partial charge in [-0.3, -0.25) is 10.2 Å². The van der Waals surface area contributed by atoms with Crippen LogP contribution in [0.2, 0.25) is 0 Å². The summed E-state index contributed by atoms with van der Waals surface area (Å²) in [5.74, 6) is 0.897. The van der Waals surface area contributed by atoms with Crippen molar-refractivity contribution in [2.24, 2.45) is 0 Å². The number of likely N-dealkylation sites (N-methyl/N-ethyl adjacent to an activating group) is 2. The van der Waals surface area contributed by atoms with Crippen LogP contribution < -0.4 is 10.1 Å². The first-order chi connectivity index (χ1) is 22.8. The number of likely N-dealkylation sites (tertiary alicyclic amines) is 1. The molecule has 0 radical (unpaired) electrons. The third-order valence-corrected chi connectivity index (χ3v) is 9.19. The van der Waals surface area contributed by atoms with Crippen molar-refractivity contribution >= 4 is 11.8 Å². The van der Waals surface area contributed by atoms with Gasteiger partial charge >= 0.3 is 6.09 Å². The minimum Gasteiger partial charge on any atom is -0.496 e. The molecule has 1 N–H and O–H groups in total. The number of anilines is 1. The molecule has 3 aromatic rings. The first kappa shape index (κ1) is 36.4. The Bertz CT molecular complexity index is 1330. The molecule has 1 amide bonds. The Morgan fingerprint density at radius 2 is 1.57 bits per heavy atom. The molecule has 1 aliphatic heterocycles. The minimum atomic E-state index is -0.374. The number of benzene rings is 3. The van der Waals surface area contributed by atoms with Crippen LogP contribution in [0, 0.1) is 0 Å². The molecule has 3 aromatic carbocycles. The third-order valence-electron chi connectivity index (χ3n) is 9.19. The highest BCUT2D eigenvalue weighted by atomic mass is 16.6. The molecule has 8 heteroatoms. The van der Waals surface area contributed by atoms with E-state index in [1.165, 1.54) is 25.8 Å². The van der Waals surface area contributed by atoms with Crippen molar-refractivity contribution in [3.63, 3.8) is 0 Å². The molecule has 0 spiro atoms. The molecule has 0 aromatic heterocycles. The van der Waals surface area contributed by atoms with Crippen molar-refractivity contribution in [2.45, 2.75) is 51.2 Å². The molecule has 1 heterocycles. The first-order valence-electron chi connectivity index (χ1n) is 17.4. The molecule has 1 aliphatic rings. The second-order valence-electron chi connectivity index (χ2n) is 13.4. The Kier molecular flexibility index (Phi) is 15.0. The van der Waals surface area contributed by atoms with E-state index in [0.29, 0.717) is 6.61 Å². The van der Waals surface area contributed by atoms with Crippen LogP contribution in [0.5, 0.6) is 5.75 Å². The van der Waals surface area contributed by atoms with Gasteiger partial charge in [0, 0.05) is 50.5 Å². The number of hydrogen-bond donors (Lipinski definition) is 1. The molecule has 8 nitrogen and oxygen atoms in total. The number of piperidine rings is 1. The lowest BCUT2D eigenvalue weighted by Crippen LogP contribution is -2.47. The van der Waals surface area contributed by atoms with Gasteiger partial charge in [0.1, 0.15) is 11.9 Å². The number of rotatable bonds is 19. The Labute approximate surface area is 283 Å². The van der Waals surface area contributed by atoms with Crippen LogP contribution in [0.25, 0.3) is 11.1 Å². The molecule has 0 saturated carbocycles. The van der Waals surface area contributed by atoms with E-state index >= 15 is 0 Å². The second-order valence-corrected chi connectivity index (χ2v) is 13.4. The second kappa shape index (κ2) is 19.4. The summed E-state index contributed by atoms with van der Waals surface area (Å²) in [7, 11) is 8.65. The predicted octanol–water partition coefficient (Wildman–Crippen LogP) is 7.16. The highest BCUT2D eigenvalue weighted by Gasteiger charge is 2.23. The molecule has 0 bridgehead atoms. The zero-order valence-electron chi connectivity index (χ0n) is 29.2. The van der Waals surface area contributed by atoms with Gasteiger partial charge in [-0.15, -0.1) is 0 Å². The molecule has 0 aliphatic carbocycles. The number of amides is 1. The fourth-order valence-electron chi connectivity index (χ4n) is 6.08. The number of nitrogens with one attached hydrogen (secondary N) is 1. The van der Waals surface area contributed by atoms with E-state index in [2.05, 4.69) is 42.3 Å². The standard InChI is InChI=1S/C39H56N4O4/c1-41(28-30-43(2,3)29-14-5-6-15-31-46-32-34-18-10-13-21-38(34)45-4)26-27-42-24-22-35(23-25-42)47-39(44)40-37-20-12-11-19-36(37)33-16-8-7-9-17-33/h7-13,16-21,35H,5-6,14-15,22-32H2,1-4H3/p+1. The molecule has 0 atom stereocenters. The van der Waals surface area contributed by atoms with E-state index in [4.69, 9.17) is 14.2 Å². The molecule has 256 valence electrons. The summed E-state index contributed by atoms with van der Waals surface area (Å²) >= 11 is 0. The van der Waals surface area contributed by atoms with E-state index in [1.54, 1.807) is 7.11 Å². The van der Waals surface area contributed by atoms with Crippen molar-refractivity contribution in [1.29, 1.82) is 0 Å². The first-order valence-corrected chi connectivity index (χ1v) is 17.4. The Hall–Kier alpha value is -3.43. The molecular formula is C39H57N4O4+. The van der Waals surface area contributed by atoms with Crippen LogP contribution in [0.4, 0.5) is 10.5 Å². The highest BCUT2D eigenvalue weighted by molar-refractivity contribution is 5.91. The average molecular weight is 646 g/mol. The maximum Gasteiger partial charge on any atom is 0.411 e. The van der Waals surface area contributed by atoms with E-state index in [-0.39, 0.29) is 12.2 Å². The fourth-order valence-corrected chi connectivity index (χ4v) is 6.08. The summed E-state index contributed by atoms with van der Waals surface area (Å²) in [5.41, 5.74) is 3.94. The molecule has 1 saturated heterocycles. The summed E-state index contributed by atoms with van der Waals surface area (Å²) in [6.45, 7) is 8.87. The van der Waals surface area contributed by atoms with Crippen molar-refractivity contribution < 1.29 is 23.5 Å². The predicted molar refractivity (Wildman–Crippen MR) is 192 cm³/mol. The van der Waals surface area contributed by atoms with Crippen molar-refractivity contribution in [3.05, 3.63) is 84.4 Å². The van der Waals surface area contributed by atoms with Gasteiger partial charge in [-0.1, -0.05) is 73.2 Å².